The van der Waals surface area contributed by atoms with Crippen molar-refractivity contribution < 1.29 is 36.7 Å². The molecule has 3 N–H and O–H groups in total. The van der Waals surface area contributed by atoms with E-state index in [1.807, 2.05) is 19.1 Å². The lowest BCUT2D eigenvalue weighted by Gasteiger charge is -2.30. The van der Waals surface area contributed by atoms with Gasteiger partial charge in [-0.25, -0.2) is 27.8 Å². The van der Waals surface area contributed by atoms with Crippen molar-refractivity contribution >= 4 is 56.0 Å². The van der Waals surface area contributed by atoms with Gasteiger partial charge in [0.05, 0.1) is 16.8 Å². The second kappa shape index (κ2) is 14.4. The summed E-state index contributed by atoms with van der Waals surface area (Å²) in [4.78, 5) is 70.2. The Bertz CT molecular complexity index is 2070. The molecule has 282 valence electrons. The maximum atomic E-state index is 14.8. The normalized spacial score (nSPS) is 27.7. The van der Waals surface area contributed by atoms with Crippen LogP contribution in [-0.2, 0) is 30.8 Å². The van der Waals surface area contributed by atoms with Crippen molar-refractivity contribution in [3.63, 3.8) is 0 Å². The van der Waals surface area contributed by atoms with E-state index in [9.17, 15) is 32.0 Å². The minimum absolute atomic E-state index is 0.0159. The lowest BCUT2D eigenvalue weighted by Crippen LogP contribution is -2.58. The molecule has 4 heterocycles. The molecule has 53 heavy (non-hydrogen) atoms. The molecular weight excluding hydrogens is 726 g/mol. The van der Waals surface area contributed by atoms with Gasteiger partial charge in [0, 0.05) is 23.9 Å². The molecule has 2 aliphatic heterocycles. The first-order valence-electron chi connectivity index (χ1n) is 18.0. The minimum Gasteiger partial charge on any atom is -0.471 e. The van der Waals surface area contributed by atoms with Crippen LogP contribution in [0.4, 0.5) is 4.39 Å². The Morgan fingerprint density at radius 2 is 1.98 bits per heavy atom. The Morgan fingerprint density at radius 3 is 2.72 bits per heavy atom. The monoisotopic (exact) mass is 767 g/mol. The van der Waals surface area contributed by atoms with Crippen molar-refractivity contribution in [2.24, 2.45) is 5.92 Å². The fraction of sp³-hybridized carbons (Fsp3) is 0.528. The van der Waals surface area contributed by atoms with Gasteiger partial charge in [-0.05, 0) is 64.0 Å². The number of benzene rings is 1. The van der Waals surface area contributed by atoms with E-state index in [0.717, 1.165) is 24.2 Å². The topological polar surface area (TPSA) is 190 Å². The average molecular weight is 768 g/mol. The summed E-state index contributed by atoms with van der Waals surface area (Å²) in [5.41, 5.74) is -0.710. The van der Waals surface area contributed by atoms with Gasteiger partial charge in [0.25, 0.3) is 11.8 Å². The zero-order chi connectivity index (χ0) is 37.5. The first-order valence-corrected chi connectivity index (χ1v) is 20.4. The molecule has 2 aliphatic carbocycles. The summed E-state index contributed by atoms with van der Waals surface area (Å²) in [6.45, 7) is 3.34. The lowest BCUT2D eigenvalue weighted by molar-refractivity contribution is -0.141. The molecule has 4 aliphatic rings. The number of para-hydroxylation sites is 1. The van der Waals surface area contributed by atoms with E-state index in [1.54, 1.807) is 18.4 Å². The molecule has 0 radical (unpaired) electrons. The molecule has 14 nitrogen and oxygen atoms in total. The van der Waals surface area contributed by atoms with Gasteiger partial charge in [-0.2, -0.15) is 0 Å². The zero-order valence-corrected chi connectivity index (χ0v) is 31.1. The molecule has 1 aromatic carbocycles. The number of sulfonamides is 1. The molecule has 0 spiro atoms. The van der Waals surface area contributed by atoms with Gasteiger partial charge in [-0.3, -0.25) is 23.9 Å². The second-order valence-corrected chi connectivity index (χ2v) is 17.6. The molecule has 3 fully saturated rings. The van der Waals surface area contributed by atoms with Gasteiger partial charge in [0.2, 0.25) is 27.7 Å². The fourth-order valence-corrected chi connectivity index (χ4v) is 8.90. The summed E-state index contributed by atoms with van der Waals surface area (Å²) >= 11 is 1.13. The molecule has 0 bridgehead atoms. The van der Waals surface area contributed by atoms with Crippen LogP contribution in [0, 0.1) is 11.7 Å². The highest BCUT2D eigenvalue weighted by molar-refractivity contribution is 7.91. The number of hydrogen-bond donors (Lipinski definition) is 3. The molecule has 1 saturated heterocycles. The van der Waals surface area contributed by atoms with E-state index >= 15 is 0 Å². The van der Waals surface area contributed by atoms with Gasteiger partial charge >= 0.3 is 0 Å². The number of thiazole rings is 1. The maximum absolute atomic E-state index is 14.8. The van der Waals surface area contributed by atoms with E-state index in [1.165, 1.54) is 23.2 Å². The second-order valence-electron chi connectivity index (χ2n) is 14.5. The third-order valence-electron chi connectivity index (χ3n) is 10.7. The summed E-state index contributed by atoms with van der Waals surface area (Å²) in [7, 11) is -4.01. The Labute approximate surface area is 310 Å². The maximum Gasteiger partial charge on any atom is 0.280 e. The minimum atomic E-state index is -4.01. The van der Waals surface area contributed by atoms with Crippen molar-refractivity contribution in [3.8, 4) is 5.88 Å². The van der Waals surface area contributed by atoms with Crippen molar-refractivity contribution in [1.82, 2.24) is 35.2 Å². The first kappa shape index (κ1) is 36.8. The SMILES string of the molecule is CCc1nc2cccc(F)c2nc1O[C@@H]1C[C@H]2C(=O)N[C@]3(C(=O)NS(=O)(=O)C4(C)CC4)CC3/C=C\CCCCC[C@H](NC(=O)c3nccs3)C(=O)N2C1. The van der Waals surface area contributed by atoms with E-state index < -0.39 is 73.9 Å². The highest BCUT2D eigenvalue weighted by Gasteiger charge is 2.63. The third-order valence-corrected chi connectivity index (χ3v) is 13.6. The Kier molecular flexibility index (Phi) is 9.99. The van der Waals surface area contributed by atoms with Gasteiger partial charge < -0.3 is 20.3 Å². The van der Waals surface area contributed by atoms with Crippen molar-refractivity contribution in [3.05, 3.63) is 58.4 Å². The van der Waals surface area contributed by atoms with Crippen LogP contribution in [0.2, 0.25) is 0 Å². The molecule has 17 heteroatoms. The smallest absolute Gasteiger partial charge is 0.280 e. The van der Waals surface area contributed by atoms with E-state index in [2.05, 4.69) is 30.3 Å². The largest absolute Gasteiger partial charge is 0.471 e. The van der Waals surface area contributed by atoms with Crippen LogP contribution in [0.3, 0.4) is 0 Å². The third kappa shape index (κ3) is 7.37. The van der Waals surface area contributed by atoms with Crippen LogP contribution in [-0.4, -0.2) is 86.9 Å². The van der Waals surface area contributed by atoms with Gasteiger partial charge in [0.1, 0.15) is 34.9 Å². The Balaban J connectivity index is 1.21. The van der Waals surface area contributed by atoms with Gasteiger partial charge in [0.15, 0.2) is 10.8 Å². The fourth-order valence-electron chi connectivity index (χ4n) is 7.05. The number of carbonyl (C=O) groups is 4. The summed E-state index contributed by atoms with van der Waals surface area (Å²) in [5.74, 6) is -3.50. The number of allylic oxidation sites excluding steroid dienone is 1. The number of halogens is 1. The molecule has 5 atom stereocenters. The number of aromatic nitrogens is 3. The molecular formula is C36H42FN7O7S2. The van der Waals surface area contributed by atoms with E-state index in [-0.39, 0.29) is 35.8 Å². The van der Waals surface area contributed by atoms with Crippen LogP contribution in [0.25, 0.3) is 11.0 Å². The van der Waals surface area contributed by atoms with Gasteiger partial charge in [-0.1, -0.05) is 38.0 Å². The van der Waals surface area contributed by atoms with E-state index in [0.29, 0.717) is 49.7 Å². The number of rotatable bonds is 8. The lowest BCUT2D eigenvalue weighted by atomic mass is 10.0. The molecule has 3 aromatic rings. The number of fused-ring (bicyclic) bond motifs is 3. The van der Waals surface area contributed by atoms with E-state index in [4.69, 9.17) is 4.74 Å². The quantitative estimate of drug-likeness (QED) is 0.287. The van der Waals surface area contributed by atoms with Crippen molar-refractivity contribution in [2.75, 3.05) is 6.54 Å². The first-order chi connectivity index (χ1) is 25.3. The molecule has 2 aromatic heterocycles. The summed E-state index contributed by atoms with van der Waals surface area (Å²) < 4.78 is 48.5. The molecule has 2 saturated carbocycles. The highest BCUT2D eigenvalue weighted by Crippen LogP contribution is 2.47. The Morgan fingerprint density at radius 1 is 1.17 bits per heavy atom. The van der Waals surface area contributed by atoms with Crippen molar-refractivity contribution in [2.45, 2.75) is 107 Å². The van der Waals surface area contributed by atoms with Crippen LogP contribution in [0.5, 0.6) is 5.88 Å². The number of carbonyl (C=O) groups excluding carboxylic acids is 4. The zero-order valence-electron chi connectivity index (χ0n) is 29.5. The molecule has 1 unspecified atom stereocenters. The number of ether oxygens (including phenoxy) is 1. The molecule has 7 rings (SSSR count). The standard InChI is InChI=1S/C36H42FN7O7S2/c1-3-24-31(41-28-23(37)11-9-13-25(28)39-24)51-22-18-27-29(45)42-36(34(48)43-53(49,50)35(2)14-15-35)19-21(36)10-7-5-4-6-8-12-26(33(47)44(27)20-22)40-30(46)32-38-16-17-52-32/h7,9-11,13,16-17,21-22,26-27H,3-6,8,12,14-15,18-20H2,1-2H3,(H,40,46)(H,42,45)(H,43,48)/b10-7-/t21?,22-,26+,27+,36-/m1/s1. The van der Waals surface area contributed by atoms with Crippen LogP contribution in [0.1, 0.15) is 87.1 Å². The van der Waals surface area contributed by atoms with Gasteiger partial charge in [-0.15, -0.1) is 11.3 Å². The summed E-state index contributed by atoms with van der Waals surface area (Å²) in [6.07, 6.45) is 8.98. The predicted molar refractivity (Wildman–Crippen MR) is 193 cm³/mol. The van der Waals surface area contributed by atoms with Crippen LogP contribution in [0.15, 0.2) is 41.9 Å². The Hall–Kier alpha value is -4.51. The predicted octanol–water partition coefficient (Wildman–Crippen LogP) is 3.33. The van der Waals surface area contributed by atoms with Crippen LogP contribution >= 0.6 is 11.3 Å². The highest BCUT2D eigenvalue weighted by atomic mass is 32.2. The van der Waals surface area contributed by atoms with Crippen molar-refractivity contribution in [1.29, 1.82) is 0 Å². The number of nitrogens with zero attached hydrogens (tertiary/aromatic N) is 4. The summed E-state index contributed by atoms with van der Waals surface area (Å²) in [6, 6.07) is 2.28. The molecule has 4 amide bonds. The number of nitrogens with one attached hydrogen (secondary N) is 3. The number of aryl methyl sites for hydroxylation is 1. The summed E-state index contributed by atoms with van der Waals surface area (Å²) in [5, 5.41) is 7.52. The average Bonchev–Trinajstić information content (AvgIpc) is 3.87. The number of hydrogen-bond acceptors (Lipinski definition) is 11. The van der Waals surface area contributed by atoms with Crippen LogP contribution < -0.4 is 20.1 Å². The number of amides is 4.